The molecule has 0 bridgehead atoms. The number of nitrogens with zero attached hydrogens (tertiary/aromatic N) is 1. The number of hydrogen-bond donors (Lipinski definition) is 2. The molecule has 2 aromatic rings. The van der Waals surface area contributed by atoms with E-state index in [-0.39, 0.29) is 10.5 Å². The van der Waals surface area contributed by atoms with E-state index in [0.717, 1.165) is 6.07 Å². The van der Waals surface area contributed by atoms with Gasteiger partial charge >= 0.3 is 0 Å². The molecule has 2 heterocycles. The molecule has 0 radical (unpaired) electrons. The van der Waals surface area contributed by atoms with Crippen molar-refractivity contribution in [2.24, 2.45) is 0 Å². The van der Waals surface area contributed by atoms with E-state index in [1.807, 2.05) is 0 Å². The normalized spacial score (nSPS) is 23.1. The number of fused-ring (bicyclic) bond motifs is 1. The summed E-state index contributed by atoms with van der Waals surface area (Å²) < 4.78 is 78.8. The molecule has 0 amide bonds. The van der Waals surface area contributed by atoms with Crippen molar-refractivity contribution in [1.82, 2.24) is 4.98 Å². The quantitative estimate of drug-likeness (QED) is 0.625. The van der Waals surface area contributed by atoms with Crippen LogP contribution in [0.2, 0.25) is 0 Å². The van der Waals surface area contributed by atoms with Crippen LogP contribution in [0.15, 0.2) is 29.2 Å². The fourth-order valence-corrected chi connectivity index (χ4v) is 4.79. The Labute approximate surface area is 133 Å². The van der Waals surface area contributed by atoms with Crippen molar-refractivity contribution in [3.05, 3.63) is 58.9 Å². The number of pyridine rings is 1. The number of hydrogen-bond acceptors (Lipinski definition) is 5. The number of aliphatic hydroxyl groups excluding tert-OH is 2. The molecule has 1 aromatic heterocycles. The highest BCUT2D eigenvalue weighted by atomic mass is 32.2. The standard InChI is InChI=1S/C14H9F4NO4S/c15-8-7(9(16)14(18)19-13(8)17)11(21)12-10(20)5-3-1-2-4-6(5)24(12,22)23/h1-4,10-12,20-21H. The summed E-state index contributed by atoms with van der Waals surface area (Å²) in [6.07, 6.45) is -4.39. The zero-order valence-corrected chi connectivity index (χ0v) is 12.4. The molecule has 1 aliphatic heterocycles. The van der Waals surface area contributed by atoms with Crippen molar-refractivity contribution < 1.29 is 36.2 Å². The first-order valence-electron chi connectivity index (χ1n) is 6.56. The number of aromatic nitrogens is 1. The Hall–Kier alpha value is -2.04. The van der Waals surface area contributed by atoms with Crippen molar-refractivity contribution in [3.63, 3.8) is 0 Å². The van der Waals surface area contributed by atoms with E-state index in [1.165, 1.54) is 18.2 Å². The Morgan fingerprint density at radius 1 is 1.04 bits per heavy atom. The summed E-state index contributed by atoms with van der Waals surface area (Å²) in [5.74, 6) is -8.13. The summed E-state index contributed by atoms with van der Waals surface area (Å²) in [7, 11) is -4.40. The van der Waals surface area contributed by atoms with Gasteiger partial charge in [0, 0.05) is 5.56 Å². The van der Waals surface area contributed by atoms with Crippen LogP contribution in [0, 0.1) is 23.5 Å². The van der Waals surface area contributed by atoms with Crippen molar-refractivity contribution in [2.45, 2.75) is 22.4 Å². The second-order valence-electron chi connectivity index (χ2n) is 5.17. The lowest BCUT2D eigenvalue weighted by Gasteiger charge is -2.22. The number of aliphatic hydroxyl groups is 2. The minimum absolute atomic E-state index is 0.0858. The second-order valence-corrected chi connectivity index (χ2v) is 7.25. The molecule has 10 heteroatoms. The van der Waals surface area contributed by atoms with Crippen LogP contribution < -0.4 is 0 Å². The van der Waals surface area contributed by atoms with E-state index in [9.17, 15) is 36.2 Å². The highest BCUT2D eigenvalue weighted by Gasteiger charge is 2.50. The number of halogens is 4. The summed E-state index contributed by atoms with van der Waals surface area (Å²) in [6.45, 7) is 0. The maximum Gasteiger partial charge on any atom is 0.252 e. The fraction of sp³-hybridized carbons (Fsp3) is 0.214. The Morgan fingerprint density at radius 2 is 1.58 bits per heavy atom. The van der Waals surface area contributed by atoms with E-state index in [1.54, 1.807) is 0 Å². The minimum atomic E-state index is -4.40. The first kappa shape index (κ1) is 16.8. The predicted molar refractivity (Wildman–Crippen MR) is 71.4 cm³/mol. The lowest BCUT2D eigenvalue weighted by molar-refractivity contribution is 0.0827. The van der Waals surface area contributed by atoms with E-state index >= 15 is 0 Å². The molecule has 0 fully saturated rings. The molecule has 3 rings (SSSR count). The van der Waals surface area contributed by atoms with Gasteiger partial charge in [-0.15, -0.1) is 0 Å². The van der Waals surface area contributed by atoms with Crippen LogP contribution >= 0.6 is 0 Å². The van der Waals surface area contributed by atoms with Gasteiger partial charge in [-0.2, -0.15) is 13.8 Å². The average molecular weight is 363 g/mol. The third-order valence-electron chi connectivity index (χ3n) is 3.85. The van der Waals surface area contributed by atoms with E-state index < -0.39 is 56.4 Å². The number of rotatable bonds is 2. The molecule has 2 N–H and O–H groups in total. The van der Waals surface area contributed by atoms with Gasteiger partial charge in [0.15, 0.2) is 21.5 Å². The maximum atomic E-state index is 13.8. The van der Waals surface area contributed by atoms with Crippen LogP contribution in [0.3, 0.4) is 0 Å². The highest BCUT2D eigenvalue weighted by Crippen LogP contribution is 2.45. The van der Waals surface area contributed by atoms with Gasteiger partial charge < -0.3 is 10.2 Å². The first-order valence-corrected chi connectivity index (χ1v) is 8.11. The molecule has 1 aromatic carbocycles. The van der Waals surface area contributed by atoms with Crippen LogP contribution in [0.1, 0.15) is 23.3 Å². The molecule has 0 aliphatic carbocycles. The molecular weight excluding hydrogens is 354 g/mol. The third-order valence-corrected chi connectivity index (χ3v) is 6.07. The highest BCUT2D eigenvalue weighted by molar-refractivity contribution is 7.92. The molecule has 24 heavy (non-hydrogen) atoms. The lowest BCUT2D eigenvalue weighted by atomic mass is 9.98. The zero-order valence-electron chi connectivity index (χ0n) is 11.6. The van der Waals surface area contributed by atoms with Gasteiger partial charge in [0.25, 0.3) is 11.9 Å². The van der Waals surface area contributed by atoms with Gasteiger partial charge in [0.2, 0.25) is 0 Å². The Morgan fingerprint density at radius 3 is 2.12 bits per heavy atom. The summed E-state index contributed by atoms with van der Waals surface area (Å²) in [5.41, 5.74) is -1.63. The van der Waals surface area contributed by atoms with E-state index in [2.05, 4.69) is 4.98 Å². The van der Waals surface area contributed by atoms with Crippen LogP contribution in [-0.2, 0) is 9.84 Å². The van der Waals surface area contributed by atoms with Crippen molar-refractivity contribution >= 4 is 9.84 Å². The fourth-order valence-electron chi connectivity index (χ4n) is 2.75. The van der Waals surface area contributed by atoms with Gasteiger partial charge in [0.05, 0.1) is 10.5 Å². The van der Waals surface area contributed by atoms with Gasteiger partial charge in [-0.1, -0.05) is 18.2 Å². The largest absolute Gasteiger partial charge is 0.387 e. The monoisotopic (exact) mass is 363 g/mol. The smallest absolute Gasteiger partial charge is 0.252 e. The number of sulfone groups is 1. The molecule has 0 saturated carbocycles. The Kier molecular flexibility index (Phi) is 3.85. The summed E-state index contributed by atoms with van der Waals surface area (Å²) in [4.78, 5) is 2.00. The number of benzene rings is 1. The van der Waals surface area contributed by atoms with Gasteiger partial charge in [-0.3, -0.25) is 0 Å². The average Bonchev–Trinajstić information content (AvgIpc) is 2.73. The zero-order chi connectivity index (χ0) is 17.8. The molecular formula is C14H9F4NO4S. The summed E-state index contributed by atoms with van der Waals surface area (Å²) in [5, 5.41) is 18.1. The second kappa shape index (κ2) is 5.50. The van der Waals surface area contributed by atoms with E-state index in [4.69, 9.17) is 0 Å². The van der Waals surface area contributed by atoms with Crippen molar-refractivity contribution in [1.29, 1.82) is 0 Å². The molecule has 3 unspecified atom stereocenters. The maximum absolute atomic E-state index is 13.8. The minimum Gasteiger partial charge on any atom is -0.387 e. The van der Waals surface area contributed by atoms with E-state index in [0.29, 0.717) is 0 Å². The van der Waals surface area contributed by atoms with Gasteiger partial charge in [-0.05, 0) is 6.07 Å². The molecule has 3 atom stereocenters. The summed E-state index contributed by atoms with van der Waals surface area (Å²) in [6, 6.07) is 5.16. The summed E-state index contributed by atoms with van der Waals surface area (Å²) >= 11 is 0. The molecule has 0 saturated heterocycles. The molecule has 128 valence electrons. The molecule has 0 spiro atoms. The molecule has 5 nitrogen and oxygen atoms in total. The Bertz CT molecular complexity index is 908. The third kappa shape index (κ3) is 2.21. The van der Waals surface area contributed by atoms with Gasteiger partial charge in [-0.25, -0.2) is 17.2 Å². The topological polar surface area (TPSA) is 87.5 Å². The SMILES string of the molecule is O=S1(=O)c2ccccc2C(O)C1C(O)c1c(F)c(F)nc(F)c1F. The first-order chi connectivity index (χ1) is 11.2. The lowest BCUT2D eigenvalue weighted by Crippen LogP contribution is -2.31. The van der Waals surface area contributed by atoms with Crippen LogP contribution in [-0.4, -0.2) is 28.9 Å². The van der Waals surface area contributed by atoms with Crippen LogP contribution in [0.25, 0.3) is 0 Å². The van der Waals surface area contributed by atoms with Crippen molar-refractivity contribution in [3.8, 4) is 0 Å². The predicted octanol–water partition coefficient (Wildman–Crippen LogP) is 1.56. The van der Waals surface area contributed by atoms with Gasteiger partial charge in [0.1, 0.15) is 17.5 Å². The van der Waals surface area contributed by atoms with Crippen LogP contribution in [0.5, 0.6) is 0 Å². The molecule has 1 aliphatic rings. The van der Waals surface area contributed by atoms with Crippen LogP contribution in [0.4, 0.5) is 17.6 Å². The Balaban J connectivity index is 2.18. The van der Waals surface area contributed by atoms with Crippen molar-refractivity contribution in [2.75, 3.05) is 0 Å².